The predicted octanol–water partition coefficient (Wildman–Crippen LogP) is 3.46. The third-order valence-electron chi connectivity index (χ3n) is 4.20. The van der Waals surface area contributed by atoms with Crippen molar-refractivity contribution in [1.82, 2.24) is 4.90 Å². The Balaban J connectivity index is 2.31. The van der Waals surface area contributed by atoms with Crippen LogP contribution in [0.3, 0.4) is 0 Å². The molecule has 0 radical (unpaired) electrons. The van der Waals surface area contributed by atoms with Crippen molar-refractivity contribution in [1.29, 1.82) is 0 Å². The van der Waals surface area contributed by atoms with Gasteiger partial charge in [0.25, 0.3) is 0 Å². The second kappa shape index (κ2) is 7.97. The Morgan fingerprint density at radius 1 is 1.14 bits per heavy atom. The third-order valence-corrected chi connectivity index (χ3v) is 4.20. The molecule has 3 heteroatoms. The van der Waals surface area contributed by atoms with Gasteiger partial charge in [-0.3, -0.25) is 4.90 Å². The summed E-state index contributed by atoms with van der Waals surface area (Å²) in [5, 5.41) is 10.3. The lowest BCUT2D eigenvalue weighted by Crippen LogP contribution is -2.31. The van der Waals surface area contributed by atoms with E-state index in [0.29, 0.717) is 12.4 Å². The number of nitrogens with zero attached hydrogens (tertiary/aromatic N) is 1. The van der Waals surface area contributed by atoms with Crippen molar-refractivity contribution in [2.75, 3.05) is 19.8 Å². The van der Waals surface area contributed by atoms with E-state index in [1.165, 1.54) is 11.1 Å². The van der Waals surface area contributed by atoms with E-state index in [0.717, 1.165) is 25.1 Å². The number of hydrogen-bond acceptors (Lipinski definition) is 3. The second-order valence-electron chi connectivity index (χ2n) is 5.71. The molecular weight excluding hydrogens is 272 g/mol. The first kappa shape index (κ1) is 16.5. The van der Waals surface area contributed by atoms with Crippen LogP contribution in [0, 0.1) is 6.92 Å². The summed E-state index contributed by atoms with van der Waals surface area (Å²) in [4.78, 5) is 2.21. The summed E-state index contributed by atoms with van der Waals surface area (Å²) in [5.41, 5.74) is 9.18. The monoisotopic (exact) mass is 298 g/mol. The van der Waals surface area contributed by atoms with Gasteiger partial charge in [-0.15, -0.1) is 0 Å². The lowest BCUT2D eigenvalue weighted by atomic mass is 9.87. The molecule has 0 amide bonds. The first-order valence-electron chi connectivity index (χ1n) is 7.92. The minimum Gasteiger partial charge on any atom is -0.508 e. The zero-order chi connectivity index (χ0) is 15.9. The Bertz CT molecular complexity index is 579. The molecule has 118 valence electrons. The standard InChI is InChI=1S/C19H26N2O/c1-3-21(14-20)12-11-17(16-7-5-4-6-8-16)18-13-15(2)9-10-19(18)22/h4-10,13,17,22H,3,11-12,14,20H2,1-2H3. The Kier molecular flexibility index (Phi) is 5.99. The minimum absolute atomic E-state index is 0.182. The van der Waals surface area contributed by atoms with Crippen LogP contribution in [-0.2, 0) is 0 Å². The predicted molar refractivity (Wildman–Crippen MR) is 92.0 cm³/mol. The fourth-order valence-electron chi connectivity index (χ4n) is 2.83. The van der Waals surface area contributed by atoms with Crippen molar-refractivity contribution in [2.45, 2.75) is 26.2 Å². The minimum atomic E-state index is 0.182. The molecular formula is C19H26N2O. The summed E-state index contributed by atoms with van der Waals surface area (Å²) in [5.74, 6) is 0.553. The largest absolute Gasteiger partial charge is 0.508 e. The van der Waals surface area contributed by atoms with Crippen LogP contribution >= 0.6 is 0 Å². The number of phenolic OH excluding ortho intramolecular Hbond substituents is 1. The Labute approximate surface area is 133 Å². The molecule has 0 aromatic heterocycles. The van der Waals surface area contributed by atoms with E-state index >= 15 is 0 Å². The topological polar surface area (TPSA) is 49.5 Å². The number of benzene rings is 2. The van der Waals surface area contributed by atoms with Gasteiger partial charge in [0.1, 0.15) is 5.75 Å². The van der Waals surface area contributed by atoms with Crippen LogP contribution in [0.15, 0.2) is 48.5 Å². The normalized spacial score (nSPS) is 12.5. The lowest BCUT2D eigenvalue weighted by Gasteiger charge is -2.24. The molecule has 0 fully saturated rings. The molecule has 3 N–H and O–H groups in total. The number of aromatic hydroxyl groups is 1. The summed E-state index contributed by atoms with van der Waals surface area (Å²) < 4.78 is 0. The first-order chi connectivity index (χ1) is 10.7. The van der Waals surface area contributed by atoms with Crippen molar-refractivity contribution in [3.05, 3.63) is 65.2 Å². The molecule has 0 bridgehead atoms. The highest BCUT2D eigenvalue weighted by molar-refractivity contribution is 5.43. The van der Waals surface area contributed by atoms with E-state index in [4.69, 9.17) is 5.73 Å². The van der Waals surface area contributed by atoms with E-state index in [1.807, 2.05) is 12.1 Å². The van der Waals surface area contributed by atoms with Crippen molar-refractivity contribution < 1.29 is 5.11 Å². The number of aryl methyl sites for hydroxylation is 1. The van der Waals surface area contributed by atoms with E-state index < -0.39 is 0 Å². The second-order valence-corrected chi connectivity index (χ2v) is 5.71. The maximum Gasteiger partial charge on any atom is 0.119 e. The molecule has 0 aliphatic rings. The molecule has 0 spiro atoms. The van der Waals surface area contributed by atoms with Gasteiger partial charge in [-0.2, -0.15) is 0 Å². The van der Waals surface area contributed by atoms with Crippen LogP contribution < -0.4 is 5.73 Å². The molecule has 0 saturated carbocycles. The van der Waals surface area contributed by atoms with Gasteiger partial charge in [0.2, 0.25) is 0 Å². The summed E-state index contributed by atoms with van der Waals surface area (Å²) in [6.45, 7) is 6.60. The van der Waals surface area contributed by atoms with E-state index in [9.17, 15) is 5.11 Å². The van der Waals surface area contributed by atoms with Gasteiger partial charge in [0, 0.05) is 24.7 Å². The Morgan fingerprint density at radius 2 is 1.86 bits per heavy atom. The van der Waals surface area contributed by atoms with Crippen molar-refractivity contribution in [2.24, 2.45) is 5.73 Å². The van der Waals surface area contributed by atoms with Crippen LogP contribution in [0.25, 0.3) is 0 Å². The molecule has 0 saturated heterocycles. The fourth-order valence-corrected chi connectivity index (χ4v) is 2.83. The molecule has 3 nitrogen and oxygen atoms in total. The summed E-state index contributed by atoms with van der Waals surface area (Å²) in [6.07, 6.45) is 0.937. The van der Waals surface area contributed by atoms with Crippen LogP contribution in [0.1, 0.15) is 36.0 Å². The molecule has 1 unspecified atom stereocenters. The molecule has 2 aromatic carbocycles. The number of nitrogens with two attached hydrogens (primary N) is 1. The average Bonchev–Trinajstić information content (AvgIpc) is 2.55. The Morgan fingerprint density at radius 3 is 2.50 bits per heavy atom. The maximum absolute atomic E-state index is 10.3. The number of hydrogen-bond donors (Lipinski definition) is 2. The molecule has 1 atom stereocenters. The Hall–Kier alpha value is -1.84. The summed E-state index contributed by atoms with van der Waals surface area (Å²) >= 11 is 0. The molecule has 0 aliphatic heterocycles. The van der Waals surface area contributed by atoms with Crippen LogP contribution in [0.4, 0.5) is 0 Å². The molecule has 22 heavy (non-hydrogen) atoms. The highest BCUT2D eigenvalue weighted by Gasteiger charge is 2.18. The van der Waals surface area contributed by atoms with Crippen molar-refractivity contribution >= 4 is 0 Å². The van der Waals surface area contributed by atoms with E-state index in [-0.39, 0.29) is 5.92 Å². The fraction of sp³-hybridized carbons (Fsp3) is 0.368. The van der Waals surface area contributed by atoms with Gasteiger partial charge >= 0.3 is 0 Å². The van der Waals surface area contributed by atoms with Crippen molar-refractivity contribution in [3.63, 3.8) is 0 Å². The zero-order valence-corrected chi connectivity index (χ0v) is 13.5. The number of rotatable bonds is 7. The SMILES string of the molecule is CCN(CN)CCC(c1ccccc1)c1cc(C)ccc1O. The third kappa shape index (κ3) is 4.09. The molecule has 0 aliphatic carbocycles. The quantitative estimate of drug-likeness (QED) is 0.770. The lowest BCUT2D eigenvalue weighted by molar-refractivity contribution is 0.287. The van der Waals surface area contributed by atoms with Crippen LogP contribution in [-0.4, -0.2) is 29.8 Å². The van der Waals surface area contributed by atoms with Crippen molar-refractivity contribution in [3.8, 4) is 5.75 Å². The molecule has 2 aromatic rings. The van der Waals surface area contributed by atoms with Gasteiger partial charge < -0.3 is 10.8 Å². The highest BCUT2D eigenvalue weighted by Crippen LogP contribution is 2.34. The first-order valence-corrected chi connectivity index (χ1v) is 7.92. The average molecular weight is 298 g/mol. The molecule has 2 rings (SSSR count). The van der Waals surface area contributed by atoms with E-state index in [1.54, 1.807) is 6.07 Å². The van der Waals surface area contributed by atoms with Gasteiger partial charge in [0.15, 0.2) is 0 Å². The molecule has 0 heterocycles. The van der Waals surface area contributed by atoms with Gasteiger partial charge in [-0.25, -0.2) is 0 Å². The smallest absolute Gasteiger partial charge is 0.119 e. The van der Waals surface area contributed by atoms with Crippen LogP contribution in [0.5, 0.6) is 5.75 Å². The summed E-state index contributed by atoms with van der Waals surface area (Å²) in [6, 6.07) is 16.2. The van der Waals surface area contributed by atoms with Gasteiger partial charge in [-0.05, 0) is 31.5 Å². The number of phenols is 1. The van der Waals surface area contributed by atoms with E-state index in [2.05, 4.69) is 49.1 Å². The van der Waals surface area contributed by atoms with Crippen LogP contribution in [0.2, 0.25) is 0 Å². The maximum atomic E-state index is 10.3. The highest BCUT2D eigenvalue weighted by atomic mass is 16.3. The van der Waals surface area contributed by atoms with Gasteiger partial charge in [0.05, 0.1) is 0 Å². The summed E-state index contributed by atoms with van der Waals surface area (Å²) in [7, 11) is 0. The van der Waals surface area contributed by atoms with Gasteiger partial charge in [-0.1, -0.05) is 55.0 Å². The zero-order valence-electron chi connectivity index (χ0n) is 13.5.